The average molecular weight is 466 g/mol. The van der Waals surface area contributed by atoms with Crippen LogP contribution in [0.15, 0.2) is 66.7 Å². The number of carbonyl (C=O) groups excluding carboxylic acids is 1. The molecule has 0 amide bonds. The quantitative estimate of drug-likeness (QED) is 0.351. The maximum atomic E-state index is 13.1. The fourth-order valence-corrected chi connectivity index (χ4v) is 5.46. The van der Waals surface area contributed by atoms with E-state index in [0.717, 1.165) is 52.5 Å². The molecule has 6 heteroatoms. The second-order valence-corrected chi connectivity index (χ2v) is 9.09. The van der Waals surface area contributed by atoms with Crippen LogP contribution in [0.4, 0.5) is 5.69 Å². The average Bonchev–Trinajstić information content (AvgIpc) is 3.36. The lowest BCUT2D eigenvalue weighted by Gasteiger charge is -2.37. The summed E-state index contributed by atoms with van der Waals surface area (Å²) in [6.45, 7) is 10.1. The second-order valence-electron chi connectivity index (χ2n) is 9.09. The van der Waals surface area contributed by atoms with Crippen molar-refractivity contribution in [1.82, 2.24) is 9.78 Å². The van der Waals surface area contributed by atoms with E-state index < -0.39 is 5.60 Å². The molecule has 0 bridgehead atoms. The molecule has 35 heavy (non-hydrogen) atoms. The zero-order valence-electron chi connectivity index (χ0n) is 20.3. The van der Waals surface area contributed by atoms with E-state index in [0.29, 0.717) is 17.1 Å². The summed E-state index contributed by atoms with van der Waals surface area (Å²) in [7, 11) is 0. The zero-order valence-corrected chi connectivity index (χ0v) is 20.3. The fourth-order valence-electron chi connectivity index (χ4n) is 5.46. The largest absolute Gasteiger partial charge is 0.456 e. The van der Waals surface area contributed by atoms with Crippen LogP contribution in [-0.4, -0.2) is 28.8 Å². The Bertz CT molecular complexity index is 1480. The van der Waals surface area contributed by atoms with Gasteiger partial charge in [-0.05, 0) is 64.1 Å². The molecular formula is C29H27N3O3. The van der Waals surface area contributed by atoms with Gasteiger partial charge in [0.25, 0.3) is 0 Å². The van der Waals surface area contributed by atoms with Gasteiger partial charge in [0.05, 0.1) is 16.9 Å². The summed E-state index contributed by atoms with van der Waals surface area (Å²) >= 11 is 0. The van der Waals surface area contributed by atoms with Gasteiger partial charge in [-0.1, -0.05) is 18.2 Å². The third-order valence-electron chi connectivity index (χ3n) is 7.06. The van der Waals surface area contributed by atoms with Gasteiger partial charge in [0.15, 0.2) is 5.60 Å². The highest BCUT2D eigenvalue weighted by Crippen LogP contribution is 2.56. The van der Waals surface area contributed by atoms with Gasteiger partial charge in [-0.2, -0.15) is 5.10 Å². The van der Waals surface area contributed by atoms with Crippen LogP contribution < -0.4 is 9.64 Å². The first-order chi connectivity index (χ1) is 17.0. The monoisotopic (exact) mass is 465 g/mol. The van der Waals surface area contributed by atoms with Crippen LogP contribution in [0.1, 0.15) is 52.3 Å². The number of anilines is 1. The number of aryl methyl sites for hydroxylation is 2. The lowest BCUT2D eigenvalue weighted by atomic mass is 9.77. The highest BCUT2D eigenvalue weighted by molar-refractivity contribution is 5.97. The lowest BCUT2D eigenvalue weighted by Crippen LogP contribution is -2.33. The Morgan fingerprint density at radius 3 is 2.31 bits per heavy atom. The van der Waals surface area contributed by atoms with Crippen LogP contribution in [0.5, 0.6) is 11.5 Å². The van der Waals surface area contributed by atoms with E-state index in [1.807, 2.05) is 73.1 Å². The summed E-state index contributed by atoms with van der Waals surface area (Å²) in [5.41, 5.74) is 5.95. The van der Waals surface area contributed by atoms with Gasteiger partial charge < -0.3 is 14.4 Å². The van der Waals surface area contributed by atoms with E-state index in [9.17, 15) is 4.79 Å². The topological polar surface area (TPSA) is 56.6 Å². The standard InChI is InChI=1S/C29H27N3O3/c1-5-31(6-2)20-11-13-24-26(16-20)34-27-17-21(32-19(4)15-18(3)30-32)12-14-25(27)29(24)23-10-8-7-9-22(23)28(33)35-29/h7-17H,5-6H2,1-4H3. The first kappa shape index (κ1) is 21.5. The molecule has 176 valence electrons. The third kappa shape index (κ3) is 3.02. The predicted molar refractivity (Wildman–Crippen MR) is 135 cm³/mol. The van der Waals surface area contributed by atoms with E-state index in [1.54, 1.807) is 0 Å². The molecule has 1 atom stereocenters. The second kappa shape index (κ2) is 7.73. The Balaban J connectivity index is 1.61. The molecule has 3 aromatic carbocycles. The summed E-state index contributed by atoms with van der Waals surface area (Å²) in [6, 6.07) is 21.8. The molecule has 0 saturated carbocycles. The molecule has 2 aliphatic rings. The fraction of sp³-hybridized carbons (Fsp3) is 0.241. The van der Waals surface area contributed by atoms with Crippen LogP contribution >= 0.6 is 0 Å². The molecule has 1 aromatic heterocycles. The number of esters is 1. The Morgan fingerprint density at radius 2 is 1.60 bits per heavy atom. The molecular weight excluding hydrogens is 438 g/mol. The van der Waals surface area contributed by atoms with Gasteiger partial charge >= 0.3 is 5.97 Å². The molecule has 3 heterocycles. The van der Waals surface area contributed by atoms with Crippen LogP contribution in [0.25, 0.3) is 5.69 Å². The minimum absolute atomic E-state index is 0.324. The van der Waals surface area contributed by atoms with Crippen molar-refractivity contribution < 1.29 is 14.3 Å². The summed E-state index contributed by atoms with van der Waals surface area (Å²) in [5.74, 6) is 1.02. The van der Waals surface area contributed by atoms with Crippen LogP contribution in [-0.2, 0) is 10.3 Å². The van der Waals surface area contributed by atoms with E-state index in [2.05, 4.69) is 36.0 Å². The summed E-state index contributed by atoms with van der Waals surface area (Å²) in [5, 5.41) is 4.64. The van der Waals surface area contributed by atoms with E-state index in [1.165, 1.54) is 0 Å². The van der Waals surface area contributed by atoms with Crippen molar-refractivity contribution in [3.05, 3.63) is 100 Å². The van der Waals surface area contributed by atoms with Crippen molar-refractivity contribution in [3.63, 3.8) is 0 Å². The van der Waals surface area contributed by atoms with Gasteiger partial charge in [-0.25, -0.2) is 9.48 Å². The summed E-state index contributed by atoms with van der Waals surface area (Å²) in [6.07, 6.45) is 0. The first-order valence-electron chi connectivity index (χ1n) is 12.0. The van der Waals surface area contributed by atoms with Gasteiger partial charge in [0.2, 0.25) is 0 Å². The normalized spacial score (nSPS) is 17.4. The Morgan fingerprint density at radius 1 is 0.886 bits per heavy atom. The SMILES string of the molecule is CCN(CC)c1ccc2c(c1)Oc1cc(-n3nc(C)cc3C)ccc1C21OC(=O)c2ccccc21. The van der Waals surface area contributed by atoms with Crippen molar-refractivity contribution in [1.29, 1.82) is 0 Å². The smallest absolute Gasteiger partial charge is 0.340 e. The van der Waals surface area contributed by atoms with Gasteiger partial charge in [-0.15, -0.1) is 0 Å². The Kier molecular flexibility index (Phi) is 4.74. The number of fused-ring (bicyclic) bond motifs is 6. The molecule has 0 fully saturated rings. The van der Waals surface area contributed by atoms with Crippen molar-refractivity contribution in [3.8, 4) is 17.2 Å². The number of nitrogens with zero attached hydrogens (tertiary/aromatic N) is 3. The van der Waals surface area contributed by atoms with Crippen LogP contribution in [0, 0.1) is 13.8 Å². The number of ether oxygens (including phenoxy) is 2. The first-order valence-corrected chi connectivity index (χ1v) is 12.0. The minimum Gasteiger partial charge on any atom is -0.456 e. The maximum Gasteiger partial charge on any atom is 0.340 e. The van der Waals surface area contributed by atoms with Crippen molar-refractivity contribution in [2.75, 3.05) is 18.0 Å². The predicted octanol–water partition coefficient (Wildman–Crippen LogP) is 5.90. The number of rotatable bonds is 4. The number of benzene rings is 3. The molecule has 1 unspecified atom stereocenters. The molecule has 0 N–H and O–H groups in total. The van der Waals surface area contributed by atoms with E-state index in [4.69, 9.17) is 9.47 Å². The third-order valence-corrected chi connectivity index (χ3v) is 7.06. The molecule has 0 radical (unpaired) electrons. The summed E-state index contributed by atoms with van der Waals surface area (Å²) in [4.78, 5) is 15.3. The molecule has 2 aliphatic heterocycles. The van der Waals surface area contributed by atoms with E-state index >= 15 is 0 Å². The number of carbonyl (C=O) groups is 1. The number of hydrogen-bond donors (Lipinski definition) is 0. The molecule has 6 rings (SSSR count). The molecule has 1 spiro atoms. The lowest BCUT2D eigenvalue weighted by molar-refractivity contribution is 0.0224. The number of aromatic nitrogens is 2. The van der Waals surface area contributed by atoms with Crippen molar-refractivity contribution >= 4 is 11.7 Å². The van der Waals surface area contributed by atoms with E-state index in [-0.39, 0.29) is 5.97 Å². The van der Waals surface area contributed by atoms with Crippen molar-refractivity contribution in [2.24, 2.45) is 0 Å². The van der Waals surface area contributed by atoms with Crippen LogP contribution in [0.2, 0.25) is 0 Å². The van der Waals surface area contributed by atoms with Crippen LogP contribution in [0.3, 0.4) is 0 Å². The molecule has 6 nitrogen and oxygen atoms in total. The van der Waals surface area contributed by atoms with Crippen molar-refractivity contribution in [2.45, 2.75) is 33.3 Å². The van der Waals surface area contributed by atoms with Gasteiger partial charge in [-0.3, -0.25) is 0 Å². The zero-order chi connectivity index (χ0) is 24.3. The minimum atomic E-state index is -1.06. The Labute approximate surface area is 204 Å². The molecule has 0 saturated heterocycles. The summed E-state index contributed by atoms with van der Waals surface area (Å²) < 4.78 is 14.7. The highest BCUT2D eigenvalue weighted by atomic mass is 16.6. The molecule has 0 aliphatic carbocycles. The number of hydrogen-bond acceptors (Lipinski definition) is 5. The molecule has 4 aromatic rings. The highest BCUT2D eigenvalue weighted by Gasteiger charge is 2.53. The van der Waals surface area contributed by atoms with Gasteiger partial charge in [0.1, 0.15) is 11.5 Å². The van der Waals surface area contributed by atoms with Gasteiger partial charge in [0, 0.05) is 53.3 Å². The Hall–Kier alpha value is -4.06. The maximum absolute atomic E-state index is 13.1.